The zero-order chi connectivity index (χ0) is 12.6. The molecule has 1 fully saturated rings. The first kappa shape index (κ1) is 13.5. The maximum atomic E-state index is 5.79. The van der Waals surface area contributed by atoms with Crippen LogP contribution in [-0.2, 0) is 17.8 Å². The Morgan fingerprint density at radius 3 is 2.56 bits per heavy atom. The van der Waals surface area contributed by atoms with Crippen molar-refractivity contribution in [1.82, 2.24) is 4.90 Å². The van der Waals surface area contributed by atoms with Gasteiger partial charge in [-0.2, -0.15) is 0 Å². The van der Waals surface area contributed by atoms with Crippen LogP contribution in [0.5, 0.6) is 0 Å². The predicted molar refractivity (Wildman–Crippen MR) is 74.5 cm³/mol. The molecule has 1 aromatic carbocycles. The van der Waals surface area contributed by atoms with Crippen LogP contribution in [0.25, 0.3) is 0 Å². The van der Waals surface area contributed by atoms with E-state index in [2.05, 4.69) is 29.2 Å². The zero-order valence-electron chi connectivity index (χ0n) is 11.1. The topological polar surface area (TPSA) is 38.5 Å². The van der Waals surface area contributed by atoms with E-state index >= 15 is 0 Å². The average Bonchev–Trinajstić information content (AvgIpc) is 2.90. The lowest BCUT2D eigenvalue weighted by Gasteiger charge is -2.15. The largest absolute Gasteiger partial charge is 0.375 e. The second-order valence-corrected chi connectivity index (χ2v) is 4.91. The third-order valence-corrected chi connectivity index (χ3v) is 3.54. The molecule has 100 valence electrons. The first-order chi connectivity index (χ1) is 8.90. The minimum absolute atomic E-state index is 0.699. The van der Waals surface area contributed by atoms with E-state index in [-0.39, 0.29) is 0 Å². The van der Waals surface area contributed by atoms with Crippen molar-refractivity contribution >= 4 is 0 Å². The van der Waals surface area contributed by atoms with Crippen molar-refractivity contribution < 1.29 is 4.74 Å². The van der Waals surface area contributed by atoms with Gasteiger partial charge in [0.2, 0.25) is 0 Å². The third kappa shape index (κ3) is 4.09. The van der Waals surface area contributed by atoms with Gasteiger partial charge in [-0.05, 0) is 50.0 Å². The number of rotatable bonds is 7. The number of benzene rings is 1. The molecule has 0 bridgehead atoms. The van der Waals surface area contributed by atoms with Gasteiger partial charge in [0.25, 0.3) is 0 Å². The number of ether oxygens (including phenoxy) is 1. The Hall–Kier alpha value is -0.900. The Bertz CT molecular complexity index is 348. The van der Waals surface area contributed by atoms with Crippen molar-refractivity contribution in [1.29, 1.82) is 0 Å². The van der Waals surface area contributed by atoms with Crippen LogP contribution in [0.1, 0.15) is 24.0 Å². The molecule has 0 unspecified atom stereocenters. The molecule has 3 heteroatoms. The highest BCUT2D eigenvalue weighted by molar-refractivity contribution is 5.26. The van der Waals surface area contributed by atoms with Gasteiger partial charge >= 0.3 is 0 Å². The molecule has 1 heterocycles. The average molecular weight is 248 g/mol. The van der Waals surface area contributed by atoms with Crippen molar-refractivity contribution in [3.63, 3.8) is 0 Å². The molecule has 18 heavy (non-hydrogen) atoms. The van der Waals surface area contributed by atoms with Gasteiger partial charge in [0.05, 0.1) is 13.2 Å². The second kappa shape index (κ2) is 7.52. The highest BCUT2D eigenvalue weighted by Crippen LogP contribution is 2.11. The van der Waals surface area contributed by atoms with Gasteiger partial charge in [-0.1, -0.05) is 24.3 Å². The highest BCUT2D eigenvalue weighted by atomic mass is 16.5. The molecular formula is C15H24N2O. The van der Waals surface area contributed by atoms with Crippen LogP contribution in [-0.4, -0.2) is 37.7 Å². The van der Waals surface area contributed by atoms with E-state index in [9.17, 15) is 0 Å². The third-order valence-electron chi connectivity index (χ3n) is 3.54. The summed E-state index contributed by atoms with van der Waals surface area (Å²) in [6.07, 6.45) is 3.63. The molecule has 2 rings (SSSR count). The molecule has 0 atom stereocenters. The summed E-state index contributed by atoms with van der Waals surface area (Å²) in [5, 5.41) is 0. The van der Waals surface area contributed by atoms with Gasteiger partial charge < -0.3 is 15.4 Å². The van der Waals surface area contributed by atoms with Crippen LogP contribution >= 0.6 is 0 Å². The Balaban J connectivity index is 1.72. The summed E-state index contributed by atoms with van der Waals surface area (Å²) in [5.74, 6) is 0. The number of nitrogens with zero attached hydrogens (tertiary/aromatic N) is 1. The SMILES string of the molecule is NCCc1ccccc1COCCN1CCCC1. The Labute approximate surface area is 110 Å². The lowest BCUT2D eigenvalue weighted by Crippen LogP contribution is -2.24. The van der Waals surface area contributed by atoms with Crippen molar-refractivity contribution in [2.24, 2.45) is 5.73 Å². The van der Waals surface area contributed by atoms with E-state index in [0.717, 1.165) is 19.6 Å². The lowest BCUT2D eigenvalue weighted by molar-refractivity contribution is 0.0988. The van der Waals surface area contributed by atoms with Crippen molar-refractivity contribution in [3.05, 3.63) is 35.4 Å². The molecule has 1 aromatic rings. The minimum Gasteiger partial charge on any atom is -0.375 e. The van der Waals surface area contributed by atoms with E-state index in [4.69, 9.17) is 10.5 Å². The Kier molecular flexibility index (Phi) is 5.65. The summed E-state index contributed by atoms with van der Waals surface area (Å²) in [5.41, 5.74) is 8.22. The first-order valence-electron chi connectivity index (χ1n) is 6.97. The molecule has 2 N–H and O–H groups in total. The predicted octanol–water partition coefficient (Wildman–Crippen LogP) is 1.80. The molecule has 1 saturated heterocycles. The van der Waals surface area contributed by atoms with Crippen LogP contribution in [0.2, 0.25) is 0 Å². The fraction of sp³-hybridized carbons (Fsp3) is 0.600. The van der Waals surface area contributed by atoms with Crippen molar-refractivity contribution in [2.75, 3.05) is 32.8 Å². The van der Waals surface area contributed by atoms with Gasteiger partial charge in [-0.25, -0.2) is 0 Å². The fourth-order valence-electron chi connectivity index (χ4n) is 2.48. The molecule has 1 aliphatic rings. The van der Waals surface area contributed by atoms with E-state index in [0.29, 0.717) is 13.2 Å². The number of nitrogens with two attached hydrogens (primary N) is 1. The van der Waals surface area contributed by atoms with Gasteiger partial charge in [-0.15, -0.1) is 0 Å². The Morgan fingerprint density at radius 2 is 1.83 bits per heavy atom. The second-order valence-electron chi connectivity index (χ2n) is 4.91. The molecule has 0 amide bonds. The quantitative estimate of drug-likeness (QED) is 0.748. The summed E-state index contributed by atoms with van der Waals surface area (Å²) in [4.78, 5) is 2.48. The van der Waals surface area contributed by atoms with Crippen LogP contribution in [0.4, 0.5) is 0 Å². The van der Waals surface area contributed by atoms with Gasteiger partial charge in [-0.3, -0.25) is 0 Å². The molecule has 3 nitrogen and oxygen atoms in total. The van der Waals surface area contributed by atoms with E-state index < -0.39 is 0 Å². The van der Waals surface area contributed by atoms with Crippen molar-refractivity contribution in [2.45, 2.75) is 25.9 Å². The van der Waals surface area contributed by atoms with Crippen LogP contribution in [0.3, 0.4) is 0 Å². The normalized spacial score (nSPS) is 16.3. The molecular weight excluding hydrogens is 224 g/mol. The first-order valence-corrected chi connectivity index (χ1v) is 6.97. The summed E-state index contributed by atoms with van der Waals surface area (Å²) < 4.78 is 5.79. The van der Waals surface area contributed by atoms with Crippen LogP contribution < -0.4 is 5.73 Å². The Morgan fingerprint density at radius 1 is 1.11 bits per heavy atom. The maximum absolute atomic E-state index is 5.79. The highest BCUT2D eigenvalue weighted by Gasteiger charge is 2.10. The van der Waals surface area contributed by atoms with Gasteiger partial charge in [0, 0.05) is 6.54 Å². The minimum atomic E-state index is 0.699. The van der Waals surface area contributed by atoms with E-state index in [1.165, 1.54) is 37.1 Å². The molecule has 1 aliphatic heterocycles. The smallest absolute Gasteiger partial charge is 0.0720 e. The van der Waals surface area contributed by atoms with Gasteiger partial charge in [0.15, 0.2) is 0 Å². The van der Waals surface area contributed by atoms with Crippen molar-refractivity contribution in [3.8, 4) is 0 Å². The van der Waals surface area contributed by atoms with Gasteiger partial charge in [0.1, 0.15) is 0 Å². The summed E-state index contributed by atoms with van der Waals surface area (Å²) in [6.45, 7) is 5.80. The molecule has 0 saturated carbocycles. The number of hydrogen-bond acceptors (Lipinski definition) is 3. The monoisotopic (exact) mass is 248 g/mol. The summed E-state index contributed by atoms with van der Waals surface area (Å²) in [6, 6.07) is 8.42. The number of likely N-dealkylation sites (tertiary alicyclic amines) is 1. The lowest BCUT2D eigenvalue weighted by atomic mass is 10.1. The van der Waals surface area contributed by atoms with Crippen LogP contribution in [0, 0.1) is 0 Å². The van der Waals surface area contributed by atoms with E-state index in [1.54, 1.807) is 0 Å². The zero-order valence-corrected chi connectivity index (χ0v) is 11.1. The molecule has 0 radical (unpaired) electrons. The maximum Gasteiger partial charge on any atom is 0.0720 e. The molecule has 0 aromatic heterocycles. The fourth-order valence-corrected chi connectivity index (χ4v) is 2.48. The standard InChI is InChI=1S/C15H24N2O/c16-8-7-14-5-1-2-6-15(14)13-18-12-11-17-9-3-4-10-17/h1-2,5-6H,3-4,7-13,16H2. The molecule has 0 spiro atoms. The van der Waals surface area contributed by atoms with E-state index in [1.807, 2.05) is 0 Å². The molecule has 0 aliphatic carbocycles. The summed E-state index contributed by atoms with van der Waals surface area (Å²) >= 11 is 0. The van der Waals surface area contributed by atoms with Crippen LogP contribution in [0.15, 0.2) is 24.3 Å². The summed E-state index contributed by atoms with van der Waals surface area (Å²) in [7, 11) is 0. The number of hydrogen-bond donors (Lipinski definition) is 1.